The van der Waals surface area contributed by atoms with Crippen LogP contribution in [0.3, 0.4) is 0 Å². The molecule has 218 valence electrons. The molecule has 3 aliphatic rings. The van der Waals surface area contributed by atoms with Crippen molar-refractivity contribution in [3.05, 3.63) is 22.6 Å². The first kappa shape index (κ1) is 28.6. The number of ether oxygens (including phenoxy) is 2. The maximum Gasteiger partial charge on any atom is 0.508 e. The first-order chi connectivity index (χ1) is 18.8. The van der Waals surface area contributed by atoms with Crippen LogP contribution in [0.15, 0.2) is 16.9 Å². The number of hydrogen-bond acceptors (Lipinski definition) is 10. The summed E-state index contributed by atoms with van der Waals surface area (Å²) in [6.45, 7) is 4.80. The van der Waals surface area contributed by atoms with E-state index < -0.39 is 51.3 Å². The predicted octanol–water partition coefficient (Wildman–Crippen LogP) is 3.01. The van der Waals surface area contributed by atoms with E-state index in [1.807, 2.05) is 0 Å². The van der Waals surface area contributed by atoms with Gasteiger partial charge in [-0.05, 0) is 46.0 Å². The van der Waals surface area contributed by atoms with Crippen LogP contribution in [0.1, 0.15) is 63.1 Å². The molecule has 4 heterocycles. The molecule has 1 unspecified atom stereocenters. The Balaban J connectivity index is 1.53. The van der Waals surface area contributed by atoms with Crippen LogP contribution in [0.25, 0.3) is 10.4 Å². The van der Waals surface area contributed by atoms with Gasteiger partial charge in [0, 0.05) is 23.4 Å². The van der Waals surface area contributed by atoms with Crippen LogP contribution in [0.5, 0.6) is 0 Å². The maximum atomic E-state index is 13.1. The van der Waals surface area contributed by atoms with Gasteiger partial charge in [0.25, 0.3) is 0 Å². The highest BCUT2D eigenvalue weighted by Crippen LogP contribution is 2.60. The van der Waals surface area contributed by atoms with Crippen LogP contribution in [-0.4, -0.2) is 82.1 Å². The molecule has 1 saturated heterocycles. The van der Waals surface area contributed by atoms with E-state index in [1.54, 1.807) is 24.4 Å². The second-order valence-corrected chi connectivity index (χ2v) is 14.1. The number of thiazole rings is 1. The number of aliphatic hydroxyl groups excluding tert-OH is 1. The summed E-state index contributed by atoms with van der Waals surface area (Å²) in [5.41, 5.74) is -0.961. The van der Waals surface area contributed by atoms with E-state index >= 15 is 0 Å². The summed E-state index contributed by atoms with van der Waals surface area (Å²) in [5.74, 6) is -2.28. The van der Waals surface area contributed by atoms with Gasteiger partial charge >= 0.3 is 12.1 Å². The molecular weight excluding hydrogens is 562 g/mol. The van der Waals surface area contributed by atoms with E-state index in [9.17, 15) is 33.0 Å². The Morgan fingerprint density at radius 3 is 2.55 bits per heavy atom. The Labute approximate surface area is 235 Å². The third-order valence-electron chi connectivity index (χ3n) is 8.29. The number of amides is 1. The van der Waals surface area contributed by atoms with Crippen LogP contribution in [0.2, 0.25) is 0 Å². The summed E-state index contributed by atoms with van der Waals surface area (Å²) in [6.07, 6.45) is 5.44. The second kappa shape index (κ2) is 10.1. The molecule has 40 heavy (non-hydrogen) atoms. The molecule has 4 atom stereocenters. The lowest BCUT2D eigenvalue weighted by Crippen LogP contribution is -2.66. The first-order valence-electron chi connectivity index (χ1n) is 13.3. The zero-order valence-electron chi connectivity index (χ0n) is 22.7. The monoisotopic (exact) mass is 595 g/mol. The Hall–Kier alpha value is -2.97. The number of aryl methyl sites for hydroxylation is 1. The van der Waals surface area contributed by atoms with Crippen molar-refractivity contribution in [1.29, 1.82) is 0 Å². The number of nitrogens with zero attached hydrogens (tertiary/aromatic N) is 3. The molecule has 0 bridgehead atoms. The fraction of sp³-hybridized carbons (Fsp3) is 0.615. The fourth-order valence-corrected chi connectivity index (χ4v) is 8.89. The Morgan fingerprint density at radius 2 is 1.95 bits per heavy atom. The SMILES string of the molecule is Cc1nc(S(C)(=O)=O)c2sc(C3=C(C(=O)O)N4C(=O)[C@H]([C@@H](C)O)[C@@H]4C3(C)CCOC(=O)OC3CCCCC3)cn12. The van der Waals surface area contributed by atoms with E-state index in [0.29, 0.717) is 21.1 Å². The van der Waals surface area contributed by atoms with E-state index in [4.69, 9.17) is 9.47 Å². The Kier molecular flexibility index (Phi) is 7.24. The average Bonchev–Trinajstić information content (AvgIpc) is 3.47. The average molecular weight is 596 g/mol. The molecule has 12 nitrogen and oxygen atoms in total. The molecule has 0 spiro atoms. The van der Waals surface area contributed by atoms with Crippen molar-refractivity contribution >= 4 is 49.6 Å². The lowest BCUT2D eigenvalue weighted by atomic mass is 9.66. The topological polar surface area (TPSA) is 165 Å². The fourth-order valence-electron chi connectivity index (χ4n) is 6.38. The number of carboxylic acids is 1. The smallest absolute Gasteiger partial charge is 0.477 e. The third-order valence-corrected chi connectivity index (χ3v) is 10.5. The highest BCUT2D eigenvalue weighted by atomic mass is 32.2. The Morgan fingerprint density at radius 1 is 1.27 bits per heavy atom. The van der Waals surface area contributed by atoms with Crippen molar-refractivity contribution in [2.45, 2.75) is 82.6 Å². The molecule has 2 aromatic rings. The molecule has 2 aromatic heterocycles. The van der Waals surface area contributed by atoms with Crippen molar-refractivity contribution < 1.29 is 42.5 Å². The van der Waals surface area contributed by atoms with Gasteiger partial charge in [0.15, 0.2) is 14.9 Å². The van der Waals surface area contributed by atoms with Crippen molar-refractivity contribution in [2.75, 3.05) is 12.9 Å². The van der Waals surface area contributed by atoms with Crippen molar-refractivity contribution in [2.24, 2.45) is 11.3 Å². The zero-order chi connectivity index (χ0) is 29.1. The highest BCUT2D eigenvalue weighted by Gasteiger charge is 2.66. The third kappa shape index (κ3) is 4.59. The summed E-state index contributed by atoms with van der Waals surface area (Å²) in [4.78, 5) is 44.3. The number of aromatic nitrogens is 2. The van der Waals surface area contributed by atoms with Gasteiger partial charge in [-0.3, -0.25) is 9.20 Å². The van der Waals surface area contributed by atoms with E-state index in [0.717, 1.165) is 49.7 Å². The molecule has 5 rings (SSSR count). The molecular formula is C26H33N3O9S2. The van der Waals surface area contributed by atoms with E-state index in [-0.39, 0.29) is 29.9 Å². The minimum absolute atomic E-state index is 0.108. The maximum absolute atomic E-state index is 13.1. The summed E-state index contributed by atoms with van der Waals surface area (Å²) < 4.78 is 37.3. The normalized spacial score (nSPS) is 26.1. The number of carbonyl (C=O) groups excluding carboxylic acids is 2. The quantitative estimate of drug-likeness (QED) is 0.342. The van der Waals surface area contributed by atoms with Gasteiger partial charge in [-0.25, -0.2) is 23.0 Å². The van der Waals surface area contributed by atoms with Crippen LogP contribution < -0.4 is 0 Å². The Bertz CT molecular complexity index is 1520. The summed E-state index contributed by atoms with van der Waals surface area (Å²) in [6, 6.07) is -0.700. The predicted molar refractivity (Wildman–Crippen MR) is 143 cm³/mol. The molecule has 2 fully saturated rings. The van der Waals surface area contributed by atoms with Crippen LogP contribution in [0, 0.1) is 18.3 Å². The number of imidazole rings is 1. The van der Waals surface area contributed by atoms with Crippen LogP contribution in [-0.2, 0) is 28.9 Å². The molecule has 1 aliphatic carbocycles. The summed E-state index contributed by atoms with van der Waals surface area (Å²) >= 11 is 1.07. The van der Waals surface area contributed by atoms with Crippen molar-refractivity contribution in [1.82, 2.24) is 14.3 Å². The van der Waals surface area contributed by atoms with Crippen molar-refractivity contribution in [3.63, 3.8) is 0 Å². The number of hydrogen-bond donors (Lipinski definition) is 2. The lowest BCUT2D eigenvalue weighted by molar-refractivity contribution is -0.167. The van der Waals surface area contributed by atoms with Gasteiger partial charge in [0.05, 0.1) is 29.5 Å². The van der Waals surface area contributed by atoms with Gasteiger partial charge in [0.1, 0.15) is 22.5 Å². The van der Waals surface area contributed by atoms with Gasteiger partial charge in [-0.15, -0.1) is 11.3 Å². The minimum Gasteiger partial charge on any atom is -0.477 e. The molecule has 14 heteroatoms. The standard InChI is InChI=1S/C26H33N3O9S2/c1-13(30)17-20-26(3,10-11-37-25(34)38-15-8-6-5-7-9-15)18(19(24(32)33)29(20)22(17)31)16-12-28-14(2)27-21(23(28)39-16)40(4,35)36/h12-13,15,17,20,30H,5-11H2,1-4H3,(H,32,33)/t13-,17-,20-,26?/m1/s1. The molecule has 2 N–H and O–H groups in total. The van der Waals surface area contributed by atoms with Gasteiger partial charge in [0.2, 0.25) is 5.91 Å². The number of carbonyl (C=O) groups is 3. The number of aliphatic hydroxyl groups is 1. The number of β-lactam (4-membered cyclic amide) rings is 1. The second-order valence-electron chi connectivity index (χ2n) is 11.1. The molecule has 1 saturated carbocycles. The number of sulfone groups is 1. The molecule has 1 amide bonds. The largest absolute Gasteiger partial charge is 0.508 e. The van der Waals surface area contributed by atoms with Gasteiger partial charge in [-0.1, -0.05) is 13.3 Å². The number of aliphatic carboxylic acids is 1. The zero-order valence-corrected chi connectivity index (χ0v) is 24.4. The van der Waals surface area contributed by atoms with Gasteiger partial charge < -0.3 is 24.6 Å². The van der Waals surface area contributed by atoms with Crippen LogP contribution >= 0.6 is 11.3 Å². The van der Waals surface area contributed by atoms with E-state index in [1.165, 1.54) is 11.8 Å². The number of fused-ring (bicyclic) bond motifs is 2. The van der Waals surface area contributed by atoms with Crippen molar-refractivity contribution in [3.8, 4) is 0 Å². The minimum atomic E-state index is -3.67. The molecule has 0 radical (unpaired) electrons. The van der Waals surface area contributed by atoms with E-state index in [2.05, 4.69) is 4.98 Å². The lowest BCUT2D eigenvalue weighted by Gasteiger charge is -2.50. The number of rotatable bonds is 8. The first-order valence-corrected chi connectivity index (χ1v) is 16.0. The summed E-state index contributed by atoms with van der Waals surface area (Å²) in [5, 5.41) is 20.6. The van der Waals surface area contributed by atoms with Crippen LogP contribution in [0.4, 0.5) is 4.79 Å². The van der Waals surface area contributed by atoms with Gasteiger partial charge in [-0.2, -0.15) is 0 Å². The number of carboxylic acid groups (broad SMARTS) is 1. The summed E-state index contributed by atoms with van der Waals surface area (Å²) in [7, 11) is -3.67. The highest BCUT2D eigenvalue weighted by molar-refractivity contribution is 7.91. The molecule has 0 aromatic carbocycles. The molecule has 2 aliphatic heterocycles.